The molecule has 0 aliphatic carbocycles. The highest BCUT2D eigenvalue weighted by Gasteiger charge is 2.27. The van der Waals surface area contributed by atoms with Crippen LogP contribution in [0.1, 0.15) is 59.6 Å². The number of hydrogen-bond donors (Lipinski definition) is 1. The monoisotopic (exact) mass is 561 g/mol. The molecule has 3 heterocycles. The van der Waals surface area contributed by atoms with E-state index >= 15 is 0 Å². The van der Waals surface area contributed by atoms with Crippen molar-refractivity contribution in [2.24, 2.45) is 0 Å². The Labute approximate surface area is 240 Å². The fourth-order valence-corrected chi connectivity index (χ4v) is 5.65. The molecule has 2 aliphatic rings. The highest BCUT2D eigenvalue weighted by atomic mass is 35.5. The molecule has 8 nitrogen and oxygen atoms in total. The molecule has 1 amide bonds. The minimum atomic E-state index is -0.864. The van der Waals surface area contributed by atoms with E-state index in [-0.39, 0.29) is 12.1 Å². The molecule has 0 spiro atoms. The first-order valence-electron chi connectivity index (χ1n) is 14.1. The zero-order chi connectivity index (χ0) is 27.9. The van der Waals surface area contributed by atoms with Crippen LogP contribution in [0.5, 0.6) is 0 Å². The third-order valence-electron chi connectivity index (χ3n) is 7.81. The minimum Gasteiger partial charge on any atom is -0.467 e. The van der Waals surface area contributed by atoms with E-state index in [2.05, 4.69) is 39.4 Å². The molecule has 2 aromatic carbocycles. The minimum absolute atomic E-state index is 0.251. The van der Waals surface area contributed by atoms with E-state index in [1.165, 1.54) is 19.1 Å². The van der Waals surface area contributed by atoms with E-state index < -0.39 is 17.9 Å². The molecule has 2 saturated heterocycles. The Morgan fingerprint density at radius 1 is 0.950 bits per heavy atom. The van der Waals surface area contributed by atoms with Gasteiger partial charge >= 0.3 is 5.97 Å². The number of esters is 1. The summed E-state index contributed by atoms with van der Waals surface area (Å²) >= 11 is 6.02. The third kappa shape index (κ3) is 6.91. The second kappa shape index (κ2) is 13.1. The Bertz CT molecular complexity index is 1290. The van der Waals surface area contributed by atoms with Crippen LogP contribution in [0.3, 0.4) is 0 Å². The molecule has 0 saturated carbocycles. The average Bonchev–Trinajstić information content (AvgIpc) is 3.02. The van der Waals surface area contributed by atoms with E-state index in [9.17, 15) is 9.59 Å². The Balaban J connectivity index is 1.37. The summed E-state index contributed by atoms with van der Waals surface area (Å²) in [5.41, 5.74) is 2.47. The first-order chi connectivity index (χ1) is 19.5. The summed E-state index contributed by atoms with van der Waals surface area (Å²) in [5, 5.41) is 3.47. The van der Waals surface area contributed by atoms with Gasteiger partial charge in [-0.25, -0.2) is 9.78 Å². The van der Waals surface area contributed by atoms with Gasteiger partial charge in [0.15, 0.2) is 0 Å². The molecule has 3 aromatic rings. The number of carbonyl (C=O) groups is 2. The summed E-state index contributed by atoms with van der Waals surface area (Å²) in [6, 6.07) is 18.7. The van der Waals surface area contributed by atoms with Crippen molar-refractivity contribution < 1.29 is 14.3 Å². The molecule has 0 radical (unpaired) electrons. The number of piperidine rings is 2. The lowest BCUT2D eigenvalue weighted by atomic mass is 9.90. The van der Waals surface area contributed by atoms with E-state index in [1.807, 2.05) is 18.2 Å². The number of benzene rings is 2. The van der Waals surface area contributed by atoms with Crippen LogP contribution >= 0.6 is 11.6 Å². The van der Waals surface area contributed by atoms with Gasteiger partial charge in [-0.1, -0.05) is 54.1 Å². The Kier molecular flexibility index (Phi) is 9.16. The highest BCUT2D eigenvalue weighted by molar-refractivity contribution is 6.30. The smallest absolute Gasteiger partial charge is 0.328 e. The lowest BCUT2D eigenvalue weighted by Crippen LogP contribution is -2.43. The van der Waals surface area contributed by atoms with Gasteiger partial charge in [-0.05, 0) is 61.3 Å². The van der Waals surface area contributed by atoms with Crippen molar-refractivity contribution >= 4 is 35.2 Å². The molecule has 9 heteroatoms. The maximum atomic E-state index is 13.6. The van der Waals surface area contributed by atoms with Gasteiger partial charge in [0.05, 0.1) is 7.11 Å². The summed E-state index contributed by atoms with van der Waals surface area (Å²) in [7, 11) is 1.32. The largest absolute Gasteiger partial charge is 0.467 e. The normalized spacial score (nSPS) is 16.9. The van der Waals surface area contributed by atoms with Crippen LogP contribution in [-0.2, 0) is 16.0 Å². The lowest BCUT2D eigenvalue weighted by molar-refractivity contribution is -0.142. The van der Waals surface area contributed by atoms with Crippen LogP contribution in [0.15, 0.2) is 60.7 Å². The summed E-state index contributed by atoms with van der Waals surface area (Å²) in [6.45, 7) is 3.42. The van der Waals surface area contributed by atoms with Crippen LogP contribution in [0.25, 0.3) is 0 Å². The molecular weight excluding hydrogens is 526 g/mol. The number of halogens is 1. The molecule has 1 unspecified atom stereocenters. The molecule has 0 bridgehead atoms. The standard InChI is InChI=1S/C31H36ClN5O3/c1-40-30(39)27(20-22-10-12-25(32)13-11-22)33-29(38)26-21-28(36-16-6-3-7-17-36)35-31(34-26)37-18-14-24(15-19-37)23-8-4-2-5-9-23/h2,4-5,8-13,21,24,27H,3,6-7,14-20H2,1H3,(H,33,38). The van der Waals surface area contributed by atoms with Crippen molar-refractivity contribution in [2.75, 3.05) is 43.1 Å². The SMILES string of the molecule is COC(=O)C(Cc1ccc(Cl)cc1)NC(=O)c1cc(N2CCCCC2)nc(N2CCC(c3ccccc3)CC2)n1. The number of ether oxygens (including phenoxy) is 1. The number of methoxy groups -OCH3 is 1. The predicted molar refractivity (Wildman–Crippen MR) is 157 cm³/mol. The molecule has 1 aromatic heterocycles. The van der Waals surface area contributed by atoms with E-state index in [0.717, 1.165) is 63.2 Å². The van der Waals surface area contributed by atoms with Gasteiger partial charge in [0, 0.05) is 43.7 Å². The van der Waals surface area contributed by atoms with Crippen LogP contribution in [0, 0.1) is 0 Å². The molecule has 210 valence electrons. The second-order valence-corrected chi connectivity index (χ2v) is 10.9. The van der Waals surface area contributed by atoms with Crippen molar-refractivity contribution in [3.8, 4) is 0 Å². The topological polar surface area (TPSA) is 87.7 Å². The van der Waals surface area contributed by atoms with Crippen molar-refractivity contribution in [2.45, 2.75) is 50.5 Å². The second-order valence-electron chi connectivity index (χ2n) is 10.5. The van der Waals surface area contributed by atoms with E-state index in [4.69, 9.17) is 26.3 Å². The maximum absolute atomic E-state index is 13.6. The molecular formula is C31H36ClN5O3. The van der Waals surface area contributed by atoms with Crippen LogP contribution in [0.4, 0.5) is 11.8 Å². The summed E-state index contributed by atoms with van der Waals surface area (Å²) < 4.78 is 5.00. The highest BCUT2D eigenvalue weighted by Crippen LogP contribution is 2.30. The van der Waals surface area contributed by atoms with Crippen molar-refractivity contribution in [1.29, 1.82) is 0 Å². The predicted octanol–water partition coefficient (Wildman–Crippen LogP) is 5.02. The molecule has 1 atom stereocenters. The molecule has 5 rings (SSSR count). The van der Waals surface area contributed by atoms with E-state index in [1.54, 1.807) is 18.2 Å². The number of aromatic nitrogens is 2. The molecule has 1 N–H and O–H groups in total. The van der Waals surface area contributed by atoms with Crippen molar-refractivity contribution in [3.05, 3.63) is 82.5 Å². The fourth-order valence-electron chi connectivity index (χ4n) is 5.53. The lowest BCUT2D eigenvalue weighted by Gasteiger charge is -2.34. The molecule has 2 aliphatic heterocycles. The number of carbonyl (C=O) groups excluding carboxylic acids is 2. The van der Waals surface area contributed by atoms with Crippen molar-refractivity contribution in [3.63, 3.8) is 0 Å². The number of hydrogen-bond acceptors (Lipinski definition) is 7. The van der Waals surface area contributed by atoms with Gasteiger partial charge in [0.1, 0.15) is 17.6 Å². The van der Waals surface area contributed by atoms with Crippen LogP contribution < -0.4 is 15.1 Å². The summed E-state index contributed by atoms with van der Waals surface area (Å²) in [6.07, 6.45) is 5.65. The zero-order valence-corrected chi connectivity index (χ0v) is 23.6. The zero-order valence-electron chi connectivity index (χ0n) is 22.9. The summed E-state index contributed by atoms with van der Waals surface area (Å²) in [5.74, 6) is 0.876. The van der Waals surface area contributed by atoms with E-state index in [0.29, 0.717) is 16.9 Å². The average molecular weight is 562 g/mol. The van der Waals surface area contributed by atoms with Gasteiger partial charge < -0.3 is 19.9 Å². The Morgan fingerprint density at radius 2 is 1.65 bits per heavy atom. The fraction of sp³-hybridized carbons (Fsp3) is 0.419. The van der Waals surface area contributed by atoms with Gasteiger partial charge in [0.25, 0.3) is 5.91 Å². The third-order valence-corrected chi connectivity index (χ3v) is 8.06. The molecule has 40 heavy (non-hydrogen) atoms. The number of amides is 1. The number of rotatable bonds is 8. The van der Waals surface area contributed by atoms with Gasteiger partial charge in [-0.15, -0.1) is 0 Å². The van der Waals surface area contributed by atoms with Crippen molar-refractivity contribution in [1.82, 2.24) is 15.3 Å². The maximum Gasteiger partial charge on any atom is 0.328 e. The molecule has 2 fully saturated rings. The number of anilines is 2. The van der Waals surface area contributed by atoms with Gasteiger partial charge in [-0.2, -0.15) is 4.98 Å². The number of nitrogens with one attached hydrogen (secondary N) is 1. The Hall–Kier alpha value is -3.65. The summed E-state index contributed by atoms with van der Waals surface area (Å²) in [4.78, 5) is 40.2. The van der Waals surface area contributed by atoms with Gasteiger partial charge in [-0.3, -0.25) is 4.79 Å². The van der Waals surface area contributed by atoms with Crippen LogP contribution in [0.2, 0.25) is 5.02 Å². The Morgan fingerprint density at radius 3 is 2.33 bits per heavy atom. The number of nitrogens with zero attached hydrogens (tertiary/aromatic N) is 4. The van der Waals surface area contributed by atoms with Crippen LogP contribution in [-0.4, -0.2) is 61.2 Å². The van der Waals surface area contributed by atoms with Gasteiger partial charge in [0.2, 0.25) is 5.95 Å². The quantitative estimate of drug-likeness (QED) is 0.386. The first-order valence-corrected chi connectivity index (χ1v) is 14.4. The first kappa shape index (κ1) is 27.9.